The monoisotopic (exact) mass is 306 g/mol. The first-order valence-electron chi connectivity index (χ1n) is 8.20. The van der Waals surface area contributed by atoms with Crippen molar-refractivity contribution < 1.29 is 4.79 Å². The van der Waals surface area contributed by atoms with Crippen LogP contribution in [-0.4, -0.2) is 12.1 Å². The van der Waals surface area contributed by atoms with Crippen LogP contribution < -0.4 is 5.43 Å². The van der Waals surface area contributed by atoms with Gasteiger partial charge in [-0.25, -0.2) is 5.43 Å². The summed E-state index contributed by atoms with van der Waals surface area (Å²) in [5, 5.41) is 4.05. The van der Waals surface area contributed by atoms with Crippen molar-refractivity contribution in [2.45, 2.75) is 39.0 Å². The topological polar surface area (TPSA) is 41.5 Å². The molecule has 2 aromatic carbocycles. The van der Waals surface area contributed by atoms with E-state index < -0.39 is 0 Å². The maximum absolute atomic E-state index is 12.1. The quantitative estimate of drug-likeness (QED) is 0.681. The molecule has 0 heterocycles. The SMILES string of the molecule is Cc1ccc(/C=N/NC(=O)Cc2cccc3c2CCCC3)cc1. The molecular weight excluding hydrogens is 284 g/mol. The highest BCUT2D eigenvalue weighted by Gasteiger charge is 2.14. The molecule has 0 spiro atoms. The van der Waals surface area contributed by atoms with Gasteiger partial charge in [-0.3, -0.25) is 4.79 Å². The van der Waals surface area contributed by atoms with E-state index in [9.17, 15) is 4.79 Å². The second kappa shape index (κ2) is 7.23. The van der Waals surface area contributed by atoms with Crippen molar-refractivity contribution >= 4 is 12.1 Å². The summed E-state index contributed by atoms with van der Waals surface area (Å²) in [7, 11) is 0. The molecule has 1 N–H and O–H groups in total. The van der Waals surface area contributed by atoms with E-state index in [0.29, 0.717) is 6.42 Å². The molecule has 1 amide bonds. The van der Waals surface area contributed by atoms with E-state index in [-0.39, 0.29) is 5.91 Å². The Morgan fingerprint density at radius 3 is 2.74 bits per heavy atom. The lowest BCUT2D eigenvalue weighted by atomic mass is 9.87. The third-order valence-corrected chi connectivity index (χ3v) is 4.32. The Bertz CT molecular complexity index is 717. The van der Waals surface area contributed by atoms with E-state index in [4.69, 9.17) is 0 Å². The molecule has 0 saturated heterocycles. The zero-order valence-corrected chi connectivity index (χ0v) is 13.5. The van der Waals surface area contributed by atoms with Crippen molar-refractivity contribution in [3.8, 4) is 0 Å². The largest absolute Gasteiger partial charge is 0.273 e. The lowest BCUT2D eigenvalue weighted by molar-refractivity contribution is -0.120. The van der Waals surface area contributed by atoms with Gasteiger partial charge in [-0.2, -0.15) is 5.10 Å². The fraction of sp³-hybridized carbons (Fsp3) is 0.300. The van der Waals surface area contributed by atoms with E-state index >= 15 is 0 Å². The van der Waals surface area contributed by atoms with Crippen LogP contribution in [0, 0.1) is 6.92 Å². The van der Waals surface area contributed by atoms with Gasteiger partial charge in [0.25, 0.3) is 0 Å². The Hall–Kier alpha value is -2.42. The van der Waals surface area contributed by atoms with Gasteiger partial charge in [0.05, 0.1) is 12.6 Å². The molecule has 0 saturated carbocycles. The van der Waals surface area contributed by atoms with E-state index in [2.05, 4.69) is 28.7 Å². The van der Waals surface area contributed by atoms with Crippen molar-refractivity contribution in [2.75, 3.05) is 0 Å². The maximum Gasteiger partial charge on any atom is 0.244 e. The van der Waals surface area contributed by atoms with Crippen LogP contribution in [0.15, 0.2) is 47.6 Å². The normalized spacial score (nSPS) is 13.8. The molecule has 1 aliphatic rings. The van der Waals surface area contributed by atoms with E-state index in [1.807, 2.05) is 31.2 Å². The first-order chi connectivity index (χ1) is 11.2. The van der Waals surface area contributed by atoms with Gasteiger partial charge in [0.1, 0.15) is 0 Å². The average Bonchev–Trinajstić information content (AvgIpc) is 2.57. The standard InChI is InChI=1S/C20H22N2O/c1-15-9-11-16(12-10-15)14-21-22-20(23)13-18-7-4-6-17-5-2-3-8-19(17)18/h4,6-7,9-12,14H,2-3,5,8,13H2,1H3,(H,22,23)/b21-14+. The first kappa shape index (κ1) is 15.5. The highest BCUT2D eigenvalue weighted by Crippen LogP contribution is 2.24. The van der Waals surface area contributed by atoms with Crippen LogP contribution in [-0.2, 0) is 24.1 Å². The zero-order valence-electron chi connectivity index (χ0n) is 13.5. The average molecular weight is 306 g/mol. The number of carbonyl (C=O) groups excluding carboxylic acids is 1. The van der Waals surface area contributed by atoms with Gasteiger partial charge in [-0.05, 0) is 54.9 Å². The van der Waals surface area contributed by atoms with Crippen molar-refractivity contribution in [2.24, 2.45) is 5.10 Å². The summed E-state index contributed by atoms with van der Waals surface area (Å²) in [5.74, 6) is -0.0627. The number of carbonyl (C=O) groups is 1. The molecule has 0 fully saturated rings. The molecule has 118 valence electrons. The molecule has 0 radical (unpaired) electrons. The van der Waals surface area contributed by atoms with Crippen molar-refractivity contribution in [1.29, 1.82) is 0 Å². The molecule has 0 aromatic heterocycles. The number of hydrogen-bond donors (Lipinski definition) is 1. The molecule has 3 nitrogen and oxygen atoms in total. The third kappa shape index (κ3) is 4.07. The number of nitrogens with zero attached hydrogens (tertiary/aromatic N) is 1. The molecule has 0 unspecified atom stereocenters. The second-order valence-electron chi connectivity index (χ2n) is 6.14. The van der Waals surface area contributed by atoms with Crippen LogP contribution in [0.4, 0.5) is 0 Å². The zero-order chi connectivity index (χ0) is 16.1. The number of aryl methyl sites for hydroxylation is 2. The Morgan fingerprint density at radius 2 is 1.91 bits per heavy atom. The van der Waals surface area contributed by atoms with Gasteiger partial charge < -0.3 is 0 Å². The van der Waals surface area contributed by atoms with Crippen molar-refractivity contribution in [3.63, 3.8) is 0 Å². The number of fused-ring (bicyclic) bond motifs is 1. The van der Waals surface area contributed by atoms with Crippen LogP contribution in [0.5, 0.6) is 0 Å². The first-order valence-corrected chi connectivity index (χ1v) is 8.20. The minimum atomic E-state index is -0.0627. The number of hydrogen-bond acceptors (Lipinski definition) is 2. The summed E-state index contributed by atoms with van der Waals surface area (Å²) < 4.78 is 0. The fourth-order valence-corrected chi connectivity index (χ4v) is 3.07. The summed E-state index contributed by atoms with van der Waals surface area (Å²) in [6, 6.07) is 14.3. The van der Waals surface area contributed by atoms with E-state index in [1.54, 1.807) is 6.21 Å². The molecular formula is C20H22N2O. The summed E-state index contributed by atoms with van der Waals surface area (Å²) in [6.07, 6.45) is 6.77. The lowest BCUT2D eigenvalue weighted by Crippen LogP contribution is -2.21. The predicted molar refractivity (Wildman–Crippen MR) is 93.7 cm³/mol. The number of amides is 1. The highest BCUT2D eigenvalue weighted by molar-refractivity contribution is 5.83. The van der Waals surface area contributed by atoms with Gasteiger partial charge >= 0.3 is 0 Å². The molecule has 3 rings (SSSR count). The minimum absolute atomic E-state index is 0.0627. The van der Waals surface area contributed by atoms with Gasteiger partial charge in [-0.15, -0.1) is 0 Å². The number of hydrazone groups is 1. The van der Waals surface area contributed by atoms with Gasteiger partial charge in [-0.1, -0.05) is 48.0 Å². The van der Waals surface area contributed by atoms with Crippen LogP contribution in [0.1, 0.15) is 40.7 Å². The molecule has 0 bridgehead atoms. The van der Waals surface area contributed by atoms with Crippen LogP contribution in [0.2, 0.25) is 0 Å². The maximum atomic E-state index is 12.1. The highest BCUT2D eigenvalue weighted by atomic mass is 16.2. The van der Waals surface area contributed by atoms with Gasteiger partial charge in [0.15, 0.2) is 0 Å². The fourth-order valence-electron chi connectivity index (χ4n) is 3.07. The predicted octanol–water partition coefficient (Wildman–Crippen LogP) is 3.57. The summed E-state index contributed by atoms with van der Waals surface area (Å²) in [6.45, 7) is 2.04. The number of benzene rings is 2. The molecule has 0 atom stereocenters. The lowest BCUT2D eigenvalue weighted by Gasteiger charge is -2.18. The summed E-state index contributed by atoms with van der Waals surface area (Å²) in [5.41, 5.74) is 8.74. The van der Waals surface area contributed by atoms with E-state index in [0.717, 1.165) is 24.0 Å². The van der Waals surface area contributed by atoms with Crippen LogP contribution in [0.3, 0.4) is 0 Å². The summed E-state index contributed by atoms with van der Waals surface area (Å²) >= 11 is 0. The third-order valence-electron chi connectivity index (χ3n) is 4.32. The minimum Gasteiger partial charge on any atom is -0.273 e. The Kier molecular flexibility index (Phi) is 4.86. The molecule has 1 aliphatic carbocycles. The van der Waals surface area contributed by atoms with Gasteiger partial charge in [0.2, 0.25) is 5.91 Å². The Balaban J connectivity index is 1.60. The van der Waals surface area contributed by atoms with Crippen molar-refractivity contribution in [3.05, 3.63) is 70.3 Å². The Labute approximate surface area is 137 Å². The number of rotatable bonds is 4. The Morgan fingerprint density at radius 1 is 1.13 bits per heavy atom. The van der Waals surface area contributed by atoms with Crippen LogP contribution >= 0.6 is 0 Å². The molecule has 23 heavy (non-hydrogen) atoms. The van der Waals surface area contributed by atoms with Crippen LogP contribution in [0.25, 0.3) is 0 Å². The molecule has 0 aliphatic heterocycles. The number of nitrogens with one attached hydrogen (secondary N) is 1. The van der Waals surface area contributed by atoms with Gasteiger partial charge in [0, 0.05) is 0 Å². The molecule has 3 heteroatoms. The second-order valence-corrected chi connectivity index (χ2v) is 6.14. The van der Waals surface area contributed by atoms with E-state index in [1.165, 1.54) is 29.5 Å². The summed E-state index contributed by atoms with van der Waals surface area (Å²) in [4.78, 5) is 12.1. The molecule has 2 aromatic rings. The smallest absolute Gasteiger partial charge is 0.244 e. The van der Waals surface area contributed by atoms with Crippen molar-refractivity contribution in [1.82, 2.24) is 5.43 Å².